The second kappa shape index (κ2) is 7.39. The maximum Gasteiger partial charge on any atom is 0.433 e. The van der Waals surface area contributed by atoms with Crippen molar-refractivity contribution in [2.75, 3.05) is 24.2 Å². The third kappa shape index (κ3) is 5.13. The van der Waals surface area contributed by atoms with Gasteiger partial charge >= 0.3 is 6.18 Å². The molecule has 7 nitrogen and oxygen atoms in total. The van der Waals surface area contributed by atoms with Crippen LogP contribution in [0, 0.1) is 0 Å². The van der Waals surface area contributed by atoms with Gasteiger partial charge in [0.25, 0.3) is 0 Å². The van der Waals surface area contributed by atoms with Gasteiger partial charge in [0.1, 0.15) is 5.82 Å². The van der Waals surface area contributed by atoms with E-state index in [9.17, 15) is 21.6 Å². The number of nitrogens with one attached hydrogen (secondary N) is 1. The van der Waals surface area contributed by atoms with E-state index in [2.05, 4.69) is 19.7 Å². The fraction of sp³-hybridized carbons (Fsp3) is 0.438. The van der Waals surface area contributed by atoms with Crippen LogP contribution >= 0.6 is 0 Å². The summed E-state index contributed by atoms with van der Waals surface area (Å²) in [5, 5.41) is 0. The Bertz CT molecular complexity index is 906. The zero-order chi connectivity index (χ0) is 19.7. The number of rotatable bonds is 4. The Kier molecular flexibility index (Phi) is 5.33. The SMILES string of the molecule is CS(=O)(=O)NC1CCCN(c2cc(C(F)(F)F)nc(-c3ccncc3)n2)C1. The van der Waals surface area contributed by atoms with Crippen LogP contribution in [0.2, 0.25) is 0 Å². The van der Waals surface area contributed by atoms with Crippen LogP contribution in [0.1, 0.15) is 18.5 Å². The maximum atomic E-state index is 13.3. The van der Waals surface area contributed by atoms with Gasteiger partial charge in [0.15, 0.2) is 11.5 Å². The molecule has 1 aliphatic heterocycles. The molecule has 0 spiro atoms. The summed E-state index contributed by atoms with van der Waals surface area (Å²) in [7, 11) is -3.41. The van der Waals surface area contributed by atoms with Gasteiger partial charge in [-0.3, -0.25) is 4.98 Å². The highest BCUT2D eigenvalue weighted by Gasteiger charge is 2.35. The van der Waals surface area contributed by atoms with E-state index in [0.717, 1.165) is 12.3 Å². The van der Waals surface area contributed by atoms with Gasteiger partial charge in [-0.05, 0) is 25.0 Å². The molecule has 146 valence electrons. The molecule has 0 aromatic carbocycles. The lowest BCUT2D eigenvalue weighted by molar-refractivity contribution is -0.141. The van der Waals surface area contributed by atoms with Gasteiger partial charge in [0, 0.05) is 43.2 Å². The number of nitrogens with zero attached hydrogens (tertiary/aromatic N) is 4. The second-order valence-corrected chi connectivity index (χ2v) is 8.12. The van der Waals surface area contributed by atoms with Crippen molar-refractivity contribution in [2.24, 2.45) is 0 Å². The zero-order valence-corrected chi connectivity index (χ0v) is 15.3. The monoisotopic (exact) mass is 401 g/mol. The molecule has 1 fully saturated rings. The fourth-order valence-corrected chi connectivity index (χ4v) is 3.75. The summed E-state index contributed by atoms with van der Waals surface area (Å²) in [5.41, 5.74) is -0.627. The molecule has 0 bridgehead atoms. The molecule has 27 heavy (non-hydrogen) atoms. The van der Waals surface area contributed by atoms with E-state index in [4.69, 9.17) is 0 Å². The average molecular weight is 401 g/mol. The quantitative estimate of drug-likeness (QED) is 0.844. The number of halogens is 3. The highest BCUT2D eigenvalue weighted by Crippen LogP contribution is 2.32. The lowest BCUT2D eigenvalue weighted by atomic mass is 10.1. The molecule has 1 N–H and O–H groups in total. The fourth-order valence-electron chi connectivity index (χ4n) is 2.96. The Labute approximate surface area is 154 Å². The molecule has 1 aliphatic rings. The first-order chi connectivity index (χ1) is 12.6. The van der Waals surface area contributed by atoms with Crippen molar-refractivity contribution in [1.82, 2.24) is 19.7 Å². The molecule has 0 saturated carbocycles. The Morgan fingerprint density at radius 1 is 1.22 bits per heavy atom. The van der Waals surface area contributed by atoms with Gasteiger partial charge < -0.3 is 4.90 Å². The molecular weight excluding hydrogens is 383 g/mol. The third-order valence-corrected chi connectivity index (χ3v) is 4.83. The van der Waals surface area contributed by atoms with E-state index in [1.807, 2.05) is 0 Å². The van der Waals surface area contributed by atoms with Crippen LogP contribution in [0.25, 0.3) is 11.4 Å². The molecule has 3 heterocycles. The summed E-state index contributed by atoms with van der Waals surface area (Å²) in [6, 6.07) is 3.57. The van der Waals surface area contributed by atoms with E-state index in [-0.39, 0.29) is 24.2 Å². The minimum absolute atomic E-state index is 0.0552. The lowest BCUT2D eigenvalue weighted by Gasteiger charge is -2.33. The molecule has 2 aromatic rings. The molecule has 2 aromatic heterocycles. The van der Waals surface area contributed by atoms with Gasteiger partial charge in [-0.25, -0.2) is 23.1 Å². The molecule has 0 radical (unpaired) electrons. The number of piperidine rings is 1. The number of hydrogen-bond acceptors (Lipinski definition) is 6. The predicted molar refractivity (Wildman–Crippen MR) is 93.5 cm³/mol. The van der Waals surface area contributed by atoms with Crippen molar-refractivity contribution in [3.8, 4) is 11.4 Å². The molecule has 11 heteroatoms. The number of sulfonamides is 1. The topological polar surface area (TPSA) is 88.1 Å². The highest BCUT2D eigenvalue weighted by atomic mass is 32.2. The molecule has 1 atom stereocenters. The summed E-state index contributed by atoms with van der Waals surface area (Å²) in [6.07, 6.45) is 0.567. The number of hydrogen-bond donors (Lipinski definition) is 1. The van der Waals surface area contributed by atoms with Crippen molar-refractivity contribution in [1.29, 1.82) is 0 Å². The van der Waals surface area contributed by atoms with Gasteiger partial charge in [-0.1, -0.05) is 0 Å². The third-order valence-electron chi connectivity index (χ3n) is 4.07. The van der Waals surface area contributed by atoms with Crippen molar-refractivity contribution in [3.63, 3.8) is 0 Å². The Morgan fingerprint density at radius 2 is 1.93 bits per heavy atom. The summed E-state index contributed by atoms with van der Waals surface area (Å²) < 4.78 is 65.4. The van der Waals surface area contributed by atoms with E-state index < -0.39 is 21.9 Å². The zero-order valence-electron chi connectivity index (χ0n) is 14.4. The van der Waals surface area contributed by atoms with Crippen LogP contribution in [-0.2, 0) is 16.2 Å². The Morgan fingerprint density at radius 3 is 2.56 bits per heavy atom. The van der Waals surface area contributed by atoms with Crippen LogP contribution in [0.5, 0.6) is 0 Å². The first kappa shape index (κ1) is 19.5. The summed E-state index contributed by atoms with van der Waals surface area (Å²) >= 11 is 0. The summed E-state index contributed by atoms with van der Waals surface area (Å²) in [4.78, 5) is 13.4. The average Bonchev–Trinajstić information content (AvgIpc) is 2.60. The van der Waals surface area contributed by atoms with E-state index in [1.54, 1.807) is 4.90 Å². The standard InChI is InChI=1S/C16H18F3N5O2S/c1-27(25,26)23-12-3-2-8-24(10-12)14-9-13(16(17,18)19)21-15(22-14)11-4-6-20-7-5-11/h4-7,9,12,23H,2-3,8,10H2,1H3. The molecular formula is C16H18F3N5O2S. The normalized spacial score (nSPS) is 18.5. The van der Waals surface area contributed by atoms with Gasteiger partial charge in [0.2, 0.25) is 10.0 Å². The van der Waals surface area contributed by atoms with Crippen LogP contribution in [0.4, 0.5) is 19.0 Å². The smallest absolute Gasteiger partial charge is 0.355 e. The van der Waals surface area contributed by atoms with E-state index in [1.165, 1.54) is 24.5 Å². The van der Waals surface area contributed by atoms with Crippen molar-refractivity contribution in [2.45, 2.75) is 25.1 Å². The number of pyridine rings is 1. The molecule has 3 rings (SSSR count). The molecule has 1 saturated heterocycles. The minimum Gasteiger partial charge on any atom is -0.355 e. The van der Waals surface area contributed by atoms with Crippen molar-refractivity contribution < 1.29 is 21.6 Å². The maximum absolute atomic E-state index is 13.3. The first-order valence-corrected chi connectivity index (χ1v) is 10.1. The van der Waals surface area contributed by atoms with Gasteiger partial charge in [0.05, 0.1) is 6.26 Å². The first-order valence-electron chi connectivity index (χ1n) is 8.21. The van der Waals surface area contributed by atoms with Crippen molar-refractivity contribution >= 4 is 15.8 Å². The second-order valence-electron chi connectivity index (χ2n) is 6.34. The molecule has 0 amide bonds. The number of anilines is 1. The van der Waals surface area contributed by atoms with E-state index >= 15 is 0 Å². The van der Waals surface area contributed by atoms with Crippen LogP contribution in [0.15, 0.2) is 30.6 Å². The number of aromatic nitrogens is 3. The largest absolute Gasteiger partial charge is 0.433 e. The predicted octanol–water partition coefficient (Wildman–Crippen LogP) is 2.08. The highest BCUT2D eigenvalue weighted by molar-refractivity contribution is 7.88. The molecule has 1 unspecified atom stereocenters. The van der Waals surface area contributed by atoms with Gasteiger partial charge in [-0.15, -0.1) is 0 Å². The Balaban J connectivity index is 1.96. The summed E-state index contributed by atoms with van der Waals surface area (Å²) in [6.45, 7) is 0.712. The Hall–Kier alpha value is -2.27. The van der Waals surface area contributed by atoms with Crippen molar-refractivity contribution in [3.05, 3.63) is 36.3 Å². The van der Waals surface area contributed by atoms with Crippen LogP contribution in [0.3, 0.4) is 0 Å². The van der Waals surface area contributed by atoms with Crippen LogP contribution in [-0.4, -0.2) is 48.8 Å². The lowest BCUT2D eigenvalue weighted by Crippen LogP contribution is -2.47. The number of alkyl halides is 3. The minimum atomic E-state index is -4.63. The van der Waals surface area contributed by atoms with Crippen LogP contribution < -0.4 is 9.62 Å². The van der Waals surface area contributed by atoms with Gasteiger partial charge in [-0.2, -0.15) is 13.2 Å². The summed E-state index contributed by atoms with van der Waals surface area (Å²) in [5.74, 6) is 0.0598. The molecule has 0 aliphatic carbocycles. The van der Waals surface area contributed by atoms with E-state index in [0.29, 0.717) is 24.9 Å².